The van der Waals surface area contributed by atoms with Gasteiger partial charge >= 0.3 is 5.97 Å². The van der Waals surface area contributed by atoms with Crippen LogP contribution in [0.4, 0.5) is 5.69 Å². The molecule has 0 unspecified atom stereocenters. The van der Waals surface area contributed by atoms with Gasteiger partial charge in [-0.2, -0.15) is 0 Å². The van der Waals surface area contributed by atoms with Gasteiger partial charge < -0.3 is 10.8 Å². The number of fused-ring (bicyclic) bond motifs is 1. The normalized spacial score (nSPS) is 10.6. The summed E-state index contributed by atoms with van der Waals surface area (Å²) in [7, 11) is 0. The lowest BCUT2D eigenvalue weighted by molar-refractivity contribution is 0.0692. The van der Waals surface area contributed by atoms with Gasteiger partial charge in [-0.3, -0.25) is 0 Å². The molecule has 88 valence electrons. The van der Waals surface area contributed by atoms with Crippen LogP contribution in [0.3, 0.4) is 0 Å². The summed E-state index contributed by atoms with van der Waals surface area (Å²) in [4.78, 5) is 19.2. The van der Waals surface area contributed by atoms with Crippen LogP contribution >= 0.6 is 0 Å². The average molecular weight is 231 g/mol. The quantitative estimate of drug-likeness (QED) is 0.841. The minimum absolute atomic E-state index is 0.140. The number of carboxylic acid groups (broad SMARTS) is 1. The molecule has 5 heteroatoms. The molecule has 0 saturated carbocycles. The summed E-state index contributed by atoms with van der Waals surface area (Å²) in [6.45, 7) is 2.06. The number of aromatic carboxylic acids is 1. The number of carbonyl (C=O) groups is 1. The lowest BCUT2D eigenvalue weighted by atomic mass is 10.2. The molecule has 3 N–H and O–H groups in total. The number of anilines is 1. The number of nitrogens with two attached hydrogens (primary N) is 1. The predicted molar refractivity (Wildman–Crippen MR) is 64.9 cm³/mol. The fourth-order valence-corrected chi connectivity index (χ4v) is 1.67. The van der Waals surface area contributed by atoms with Gasteiger partial charge in [0.1, 0.15) is 0 Å². The van der Waals surface area contributed by atoms with Crippen molar-refractivity contribution in [3.05, 3.63) is 29.6 Å². The average Bonchev–Trinajstić information content (AvgIpc) is 2.28. The van der Waals surface area contributed by atoms with Crippen molar-refractivity contribution in [2.24, 2.45) is 0 Å². The molecule has 0 spiro atoms. The molecule has 0 aliphatic rings. The van der Waals surface area contributed by atoms with Crippen molar-refractivity contribution in [2.75, 3.05) is 5.73 Å². The largest absolute Gasteiger partial charge is 0.476 e. The Kier molecular flexibility index (Phi) is 2.91. The Bertz CT molecular complexity index is 581. The third kappa shape index (κ3) is 2.18. The number of rotatable bonds is 3. The molecule has 5 nitrogen and oxygen atoms in total. The van der Waals surface area contributed by atoms with Crippen LogP contribution < -0.4 is 5.73 Å². The molecule has 2 heterocycles. The third-order valence-corrected chi connectivity index (χ3v) is 2.47. The molecule has 0 aliphatic carbocycles. The van der Waals surface area contributed by atoms with E-state index in [1.807, 2.05) is 12.1 Å². The maximum Gasteiger partial charge on any atom is 0.356 e. The monoisotopic (exact) mass is 231 g/mol. The Balaban J connectivity index is 2.59. The van der Waals surface area contributed by atoms with Crippen LogP contribution in [0.5, 0.6) is 0 Å². The minimum atomic E-state index is -1.13. The van der Waals surface area contributed by atoms with Crippen LogP contribution in [-0.2, 0) is 6.42 Å². The zero-order valence-corrected chi connectivity index (χ0v) is 9.47. The van der Waals surface area contributed by atoms with Crippen molar-refractivity contribution < 1.29 is 9.90 Å². The first-order valence-electron chi connectivity index (χ1n) is 5.41. The molecule has 0 aliphatic heterocycles. The van der Waals surface area contributed by atoms with E-state index in [1.54, 1.807) is 6.07 Å². The standard InChI is InChI=1S/C12H13N3O2/c1-2-3-8-5-4-7-6-9(13)10(12(16)17)15-11(7)14-8/h4-6H,2-3,13H2,1H3,(H,16,17). The maximum absolute atomic E-state index is 10.9. The lowest BCUT2D eigenvalue weighted by Gasteiger charge is -2.04. The van der Waals surface area contributed by atoms with Crippen molar-refractivity contribution in [1.82, 2.24) is 9.97 Å². The summed E-state index contributed by atoms with van der Waals surface area (Å²) >= 11 is 0. The highest BCUT2D eigenvalue weighted by atomic mass is 16.4. The number of pyridine rings is 2. The lowest BCUT2D eigenvalue weighted by Crippen LogP contribution is -2.06. The van der Waals surface area contributed by atoms with Gasteiger partial charge in [0, 0.05) is 11.1 Å². The highest BCUT2D eigenvalue weighted by Gasteiger charge is 2.12. The Morgan fingerprint density at radius 1 is 1.41 bits per heavy atom. The van der Waals surface area contributed by atoms with E-state index < -0.39 is 5.97 Å². The molecule has 2 aromatic rings. The van der Waals surface area contributed by atoms with Crippen LogP contribution in [0.25, 0.3) is 11.0 Å². The Hall–Kier alpha value is -2.17. The highest BCUT2D eigenvalue weighted by Crippen LogP contribution is 2.18. The highest BCUT2D eigenvalue weighted by molar-refractivity contribution is 5.95. The molecule has 0 atom stereocenters. The number of nitrogens with zero attached hydrogens (tertiary/aromatic N) is 2. The van der Waals surface area contributed by atoms with Crippen LogP contribution in [0.2, 0.25) is 0 Å². The number of hydrogen-bond acceptors (Lipinski definition) is 4. The van der Waals surface area contributed by atoms with E-state index >= 15 is 0 Å². The van der Waals surface area contributed by atoms with Gasteiger partial charge in [0.05, 0.1) is 5.69 Å². The van der Waals surface area contributed by atoms with E-state index in [4.69, 9.17) is 10.8 Å². The van der Waals surface area contributed by atoms with Gasteiger partial charge in [0.25, 0.3) is 0 Å². The summed E-state index contributed by atoms with van der Waals surface area (Å²) in [6, 6.07) is 5.37. The first kappa shape index (κ1) is 11.3. The van der Waals surface area contributed by atoms with Crippen molar-refractivity contribution in [3.63, 3.8) is 0 Å². The molecule has 0 radical (unpaired) electrons. The second-order valence-corrected chi connectivity index (χ2v) is 3.83. The van der Waals surface area contributed by atoms with Crippen molar-refractivity contribution in [2.45, 2.75) is 19.8 Å². The van der Waals surface area contributed by atoms with E-state index in [2.05, 4.69) is 16.9 Å². The van der Waals surface area contributed by atoms with E-state index in [-0.39, 0.29) is 11.4 Å². The Morgan fingerprint density at radius 3 is 2.82 bits per heavy atom. The summed E-state index contributed by atoms with van der Waals surface area (Å²) in [5.41, 5.74) is 6.98. The summed E-state index contributed by atoms with van der Waals surface area (Å²) in [5.74, 6) is -1.13. The second-order valence-electron chi connectivity index (χ2n) is 3.83. The van der Waals surface area contributed by atoms with Gasteiger partial charge in [0.2, 0.25) is 0 Å². The molecule has 0 fully saturated rings. The van der Waals surface area contributed by atoms with Gasteiger partial charge in [0.15, 0.2) is 11.3 Å². The topological polar surface area (TPSA) is 89.1 Å². The molecule has 0 bridgehead atoms. The fraction of sp³-hybridized carbons (Fsp3) is 0.250. The molecule has 2 aromatic heterocycles. The first-order chi connectivity index (χ1) is 8.11. The summed E-state index contributed by atoms with van der Waals surface area (Å²) in [6.07, 6.45) is 1.84. The smallest absolute Gasteiger partial charge is 0.356 e. The molecule has 2 rings (SSSR count). The molecule has 0 amide bonds. The van der Waals surface area contributed by atoms with Crippen LogP contribution in [0, 0.1) is 0 Å². The maximum atomic E-state index is 10.9. The minimum Gasteiger partial charge on any atom is -0.476 e. The van der Waals surface area contributed by atoms with E-state index in [1.165, 1.54) is 0 Å². The van der Waals surface area contributed by atoms with Crippen molar-refractivity contribution in [1.29, 1.82) is 0 Å². The number of aromatic nitrogens is 2. The third-order valence-electron chi connectivity index (χ3n) is 2.47. The van der Waals surface area contributed by atoms with Crippen LogP contribution in [0.1, 0.15) is 29.5 Å². The molecular weight excluding hydrogens is 218 g/mol. The van der Waals surface area contributed by atoms with Crippen LogP contribution in [0.15, 0.2) is 18.2 Å². The van der Waals surface area contributed by atoms with Crippen LogP contribution in [-0.4, -0.2) is 21.0 Å². The zero-order chi connectivity index (χ0) is 12.4. The van der Waals surface area contributed by atoms with E-state index in [0.29, 0.717) is 5.65 Å². The Morgan fingerprint density at radius 2 is 2.18 bits per heavy atom. The van der Waals surface area contributed by atoms with Gasteiger partial charge in [-0.1, -0.05) is 13.3 Å². The van der Waals surface area contributed by atoms with E-state index in [0.717, 1.165) is 23.9 Å². The second kappa shape index (κ2) is 4.37. The number of aryl methyl sites for hydroxylation is 1. The zero-order valence-electron chi connectivity index (χ0n) is 9.47. The molecule has 17 heavy (non-hydrogen) atoms. The van der Waals surface area contributed by atoms with Crippen molar-refractivity contribution in [3.8, 4) is 0 Å². The van der Waals surface area contributed by atoms with E-state index in [9.17, 15) is 4.79 Å². The van der Waals surface area contributed by atoms with Gasteiger partial charge in [-0.05, 0) is 24.6 Å². The number of nitrogen functional groups attached to an aromatic ring is 1. The SMILES string of the molecule is CCCc1ccc2cc(N)c(C(=O)O)nc2n1. The molecule has 0 aromatic carbocycles. The predicted octanol–water partition coefficient (Wildman–Crippen LogP) is 1.86. The Labute approximate surface area is 98.3 Å². The number of hydrogen-bond donors (Lipinski definition) is 2. The van der Waals surface area contributed by atoms with Crippen molar-refractivity contribution >= 4 is 22.7 Å². The summed E-state index contributed by atoms with van der Waals surface area (Å²) < 4.78 is 0. The van der Waals surface area contributed by atoms with Gasteiger partial charge in [-0.25, -0.2) is 14.8 Å². The van der Waals surface area contributed by atoms with Gasteiger partial charge in [-0.15, -0.1) is 0 Å². The molecular formula is C12H13N3O2. The number of carboxylic acids is 1. The first-order valence-corrected chi connectivity index (χ1v) is 5.41. The fourth-order valence-electron chi connectivity index (χ4n) is 1.67. The molecule has 0 saturated heterocycles. The summed E-state index contributed by atoms with van der Waals surface area (Å²) in [5, 5.41) is 9.68.